The number of hydrogen-bond acceptors (Lipinski definition) is 3. The number of carbonyl (C=O) groups excluding carboxylic acids is 1. The van der Waals surface area contributed by atoms with Crippen LogP contribution in [0.15, 0.2) is 24.4 Å². The summed E-state index contributed by atoms with van der Waals surface area (Å²) >= 11 is 0. The molecule has 4 heteroatoms. The fourth-order valence-electron chi connectivity index (χ4n) is 1.93. The Labute approximate surface area is 119 Å². The molecule has 2 rings (SSSR count). The predicted octanol–water partition coefficient (Wildman–Crippen LogP) is 3.07. The van der Waals surface area contributed by atoms with E-state index >= 15 is 0 Å². The molecule has 0 unspecified atom stereocenters. The first-order valence-corrected chi connectivity index (χ1v) is 6.34. The minimum absolute atomic E-state index is 0.377. The molecule has 0 spiro atoms. The van der Waals surface area contributed by atoms with E-state index in [0.717, 1.165) is 22.8 Å². The highest BCUT2D eigenvalue weighted by molar-refractivity contribution is 5.85. The van der Waals surface area contributed by atoms with E-state index in [2.05, 4.69) is 15.8 Å². The normalized spacial score (nSPS) is 10.6. The number of aromatic nitrogens is 1. The van der Waals surface area contributed by atoms with Crippen molar-refractivity contribution in [2.45, 2.75) is 20.3 Å². The van der Waals surface area contributed by atoms with Gasteiger partial charge in [-0.05, 0) is 30.2 Å². The van der Waals surface area contributed by atoms with Crippen molar-refractivity contribution in [3.8, 4) is 6.07 Å². The number of nitriles is 1. The molecule has 0 amide bonds. The van der Waals surface area contributed by atoms with E-state index < -0.39 is 0 Å². The number of rotatable bonds is 3. The van der Waals surface area contributed by atoms with Gasteiger partial charge < -0.3 is 14.5 Å². The summed E-state index contributed by atoms with van der Waals surface area (Å²) in [6.07, 6.45) is 3.56. The zero-order valence-electron chi connectivity index (χ0n) is 12.4. The Balaban J connectivity index is 0.000000612. The van der Waals surface area contributed by atoms with Gasteiger partial charge in [0.05, 0.1) is 11.6 Å². The molecule has 1 N–H and O–H groups in total. The van der Waals surface area contributed by atoms with Gasteiger partial charge in [-0.2, -0.15) is 5.26 Å². The number of ether oxygens (including phenoxy) is 1. The minimum Gasteiger partial charge on any atom is -0.388 e. The summed E-state index contributed by atoms with van der Waals surface area (Å²) in [4.78, 5) is 14.1. The molecule has 106 valence electrons. The quantitative estimate of drug-likeness (QED) is 0.873. The molecule has 0 radical (unpaired) electrons. The summed E-state index contributed by atoms with van der Waals surface area (Å²) in [5, 5.41) is 9.91. The standard InChI is InChI=1S/C14H14N2O.C2H6O/c1-14(2,9-17)6-11-8-16-13-4-3-10(7-15)5-12(11)13;1-3-2/h3-5,8-9,16H,6H2,1-2H3;1-2H3. The zero-order chi connectivity index (χ0) is 15.2. The lowest BCUT2D eigenvalue weighted by molar-refractivity contribution is -0.114. The molecule has 0 aliphatic heterocycles. The molecule has 0 atom stereocenters. The van der Waals surface area contributed by atoms with Gasteiger partial charge in [-0.1, -0.05) is 13.8 Å². The lowest BCUT2D eigenvalue weighted by atomic mass is 9.87. The number of hydrogen-bond donors (Lipinski definition) is 1. The van der Waals surface area contributed by atoms with Crippen molar-refractivity contribution in [3.05, 3.63) is 35.5 Å². The van der Waals surface area contributed by atoms with Crippen LogP contribution in [0.25, 0.3) is 10.9 Å². The molecule has 1 aromatic carbocycles. The van der Waals surface area contributed by atoms with Gasteiger partial charge in [0.15, 0.2) is 0 Å². The Kier molecular flexibility index (Phi) is 5.48. The van der Waals surface area contributed by atoms with Crippen molar-refractivity contribution in [2.75, 3.05) is 14.2 Å². The highest BCUT2D eigenvalue weighted by atomic mass is 16.4. The molecule has 0 saturated heterocycles. The number of aldehydes is 1. The third-order valence-electron chi connectivity index (χ3n) is 2.86. The van der Waals surface area contributed by atoms with E-state index in [4.69, 9.17) is 5.26 Å². The SMILES string of the molecule is CC(C)(C=O)Cc1c[nH]c2ccc(C#N)cc12.COC. The Morgan fingerprint density at radius 2 is 2.05 bits per heavy atom. The van der Waals surface area contributed by atoms with Crippen LogP contribution in [0.4, 0.5) is 0 Å². The van der Waals surface area contributed by atoms with Crippen molar-refractivity contribution < 1.29 is 9.53 Å². The lowest BCUT2D eigenvalue weighted by Gasteiger charge is -2.15. The topological polar surface area (TPSA) is 65.9 Å². The van der Waals surface area contributed by atoms with Gasteiger partial charge in [0.25, 0.3) is 0 Å². The van der Waals surface area contributed by atoms with Crippen LogP contribution in [0.5, 0.6) is 0 Å². The molecule has 1 heterocycles. The van der Waals surface area contributed by atoms with Gasteiger partial charge in [-0.3, -0.25) is 0 Å². The average molecular weight is 272 g/mol. The van der Waals surface area contributed by atoms with Gasteiger partial charge >= 0.3 is 0 Å². The van der Waals surface area contributed by atoms with Crippen LogP contribution in [-0.4, -0.2) is 25.5 Å². The second-order valence-electron chi connectivity index (χ2n) is 5.38. The van der Waals surface area contributed by atoms with E-state index in [1.54, 1.807) is 20.3 Å². The number of carbonyl (C=O) groups is 1. The first-order valence-electron chi connectivity index (χ1n) is 6.34. The Hall–Kier alpha value is -2.12. The van der Waals surface area contributed by atoms with Crippen LogP contribution in [0.3, 0.4) is 0 Å². The third-order valence-corrected chi connectivity index (χ3v) is 2.86. The van der Waals surface area contributed by atoms with Gasteiger partial charge in [-0.15, -0.1) is 0 Å². The van der Waals surface area contributed by atoms with Crippen LogP contribution in [0.2, 0.25) is 0 Å². The van der Waals surface area contributed by atoms with Crippen LogP contribution in [0.1, 0.15) is 25.0 Å². The summed E-state index contributed by atoms with van der Waals surface area (Å²) in [6.45, 7) is 3.82. The van der Waals surface area contributed by atoms with Crippen LogP contribution >= 0.6 is 0 Å². The Bertz CT molecular complexity index is 621. The number of nitrogens with one attached hydrogen (secondary N) is 1. The van der Waals surface area contributed by atoms with E-state index in [-0.39, 0.29) is 5.41 Å². The first-order chi connectivity index (χ1) is 9.47. The minimum atomic E-state index is -0.377. The first kappa shape index (κ1) is 15.9. The molecule has 20 heavy (non-hydrogen) atoms. The molecular formula is C16H20N2O2. The number of aromatic amines is 1. The molecule has 0 fully saturated rings. The molecular weight excluding hydrogens is 252 g/mol. The van der Waals surface area contributed by atoms with Crippen molar-refractivity contribution >= 4 is 17.2 Å². The second-order valence-corrected chi connectivity index (χ2v) is 5.38. The summed E-state index contributed by atoms with van der Waals surface area (Å²) < 4.78 is 4.25. The van der Waals surface area contributed by atoms with Gasteiger partial charge in [0, 0.05) is 36.7 Å². The molecule has 2 aromatic rings. The van der Waals surface area contributed by atoms with E-state index in [0.29, 0.717) is 12.0 Å². The number of methoxy groups -OCH3 is 1. The fourth-order valence-corrected chi connectivity index (χ4v) is 1.93. The Morgan fingerprint density at radius 3 is 2.60 bits per heavy atom. The monoisotopic (exact) mass is 272 g/mol. The lowest BCUT2D eigenvalue weighted by Crippen LogP contribution is -2.16. The van der Waals surface area contributed by atoms with Crippen molar-refractivity contribution in [2.24, 2.45) is 5.41 Å². The van der Waals surface area contributed by atoms with Crippen molar-refractivity contribution in [1.29, 1.82) is 5.26 Å². The largest absolute Gasteiger partial charge is 0.388 e. The number of fused-ring (bicyclic) bond motifs is 1. The highest BCUT2D eigenvalue weighted by Gasteiger charge is 2.19. The van der Waals surface area contributed by atoms with Crippen molar-refractivity contribution in [1.82, 2.24) is 4.98 Å². The van der Waals surface area contributed by atoms with E-state index in [1.807, 2.05) is 32.2 Å². The summed E-state index contributed by atoms with van der Waals surface area (Å²) in [6, 6.07) is 7.67. The third kappa shape index (κ3) is 3.94. The molecule has 0 bridgehead atoms. The summed E-state index contributed by atoms with van der Waals surface area (Å²) in [5.74, 6) is 0. The zero-order valence-corrected chi connectivity index (χ0v) is 12.4. The number of nitrogens with zero attached hydrogens (tertiary/aromatic N) is 1. The second kappa shape index (κ2) is 6.88. The van der Waals surface area contributed by atoms with E-state index in [9.17, 15) is 4.79 Å². The molecule has 0 aliphatic rings. The van der Waals surface area contributed by atoms with E-state index in [1.165, 1.54) is 0 Å². The van der Waals surface area contributed by atoms with Crippen LogP contribution < -0.4 is 0 Å². The molecule has 0 saturated carbocycles. The van der Waals surface area contributed by atoms with Crippen LogP contribution in [-0.2, 0) is 16.0 Å². The number of benzene rings is 1. The maximum atomic E-state index is 10.9. The summed E-state index contributed by atoms with van der Waals surface area (Å²) in [7, 11) is 3.25. The van der Waals surface area contributed by atoms with Gasteiger partial charge in [0.2, 0.25) is 0 Å². The van der Waals surface area contributed by atoms with Gasteiger partial charge in [0.1, 0.15) is 6.29 Å². The molecule has 4 nitrogen and oxygen atoms in total. The average Bonchev–Trinajstić information content (AvgIpc) is 2.81. The fraction of sp³-hybridized carbons (Fsp3) is 0.375. The Morgan fingerprint density at radius 1 is 1.40 bits per heavy atom. The number of H-pyrrole nitrogens is 1. The summed E-state index contributed by atoms with van der Waals surface area (Å²) in [5.41, 5.74) is 2.34. The molecule has 1 aromatic heterocycles. The highest BCUT2D eigenvalue weighted by Crippen LogP contribution is 2.26. The molecule has 0 aliphatic carbocycles. The predicted molar refractivity (Wildman–Crippen MR) is 79.5 cm³/mol. The van der Waals surface area contributed by atoms with Crippen LogP contribution in [0, 0.1) is 16.7 Å². The smallest absolute Gasteiger partial charge is 0.125 e. The maximum Gasteiger partial charge on any atom is 0.125 e. The maximum absolute atomic E-state index is 10.9. The van der Waals surface area contributed by atoms with Crippen molar-refractivity contribution in [3.63, 3.8) is 0 Å². The van der Waals surface area contributed by atoms with Gasteiger partial charge in [-0.25, -0.2) is 0 Å².